The van der Waals surface area contributed by atoms with Crippen LogP contribution >= 0.6 is 15.9 Å². The second kappa shape index (κ2) is 5.23. The van der Waals surface area contributed by atoms with E-state index in [1.54, 1.807) is 4.90 Å². The zero-order chi connectivity index (χ0) is 12.4. The van der Waals surface area contributed by atoms with Gasteiger partial charge in [0.1, 0.15) is 5.69 Å². The van der Waals surface area contributed by atoms with Gasteiger partial charge < -0.3 is 14.6 Å². The number of aryl methyl sites for hydroxylation is 1. The first-order valence-electron chi connectivity index (χ1n) is 5.95. The molecule has 0 unspecified atom stereocenters. The number of carbonyl (C=O) groups excluding carboxylic acids is 1. The topological polar surface area (TPSA) is 45.5 Å². The van der Waals surface area contributed by atoms with Crippen LogP contribution in [0.4, 0.5) is 0 Å². The van der Waals surface area contributed by atoms with Crippen molar-refractivity contribution in [1.82, 2.24) is 9.47 Å². The van der Waals surface area contributed by atoms with Gasteiger partial charge in [-0.3, -0.25) is 4.79 Å². The molecule has 1 aliphatic rings. The van der Waals surface area contributed by atoms with E-state index in [1.807, 2.05) is 23.8 Å². The molecule has 1 aromatic rings. The maximum atomic E-state index is 12.3. The average Bonchev–Trinajstić information content (AvgIpc) is 2.69. The quantitative estimate of drug-likeness (QED) is 0.906. The van der Waals surface area contributed by atoms with E-state index in [4.69, 9.17) is 0 Å². The number of aliphatic hydroxyl groups excluding tert-OH is 1. The Balaban J connectivity index is 2.18. The Hall–Kier alpha value is -0.810. The first-order chi connectivity index (χ1) is 8.11. The van der Waals surface area contributed by atoms with Crippen molar-refractivity contribution in [2.45, 2.75) is 32.4 Å². The number of hydrogen-bond acceptors (Lipinski definition) is 2. The van der Waals surface area contributed by atoms with Crippen LogP contribution < -0.4 is 0 Å². The SMILES string of the molecule is CCn1cc(Br)cc1C(=O)N1CCC[C@H](O)C1. The molecule has 94 valence electrons. The number of piperidine rings is 1. The molecule has 0 aromatic carbocycles. The number of β-amino-alcohol motifs (C(OH)–C–C–N with tert-alkyl or cyclic N) is 1. The molecule has 4 nitrogen and oxygen atoms in total. The van der Waals surface area contributed by atoms with E-state index in [-0.39, 0.29) is 12.0 Å². The predicted octanol–water partition coefficient (Wildman–Crippen LogP) is 1.87. The van der Waals surface area contributed by atoms with Crippen molar-refractivity contribution in [3.8, 4) is 0 Å². The van der Waals surface area contributed by atoms with E-state index in [0.29, 0.717) is 12.2 Å². The average molecular weight is 301 g/mol. The highest BCUT2D eigenvalue weighted by Crippen LogP contribution is 2.19. The van der Waals surface area contributed by atoms with Gasteiger partial charge in [-0.25, -0.2) is 0 Å². The Morgan fingerprint density at radius 3 is 3.06 bits per heavy atom. The first-order valence-corrected chi connectivity index (χ1v) is 6.74. The minimum Gasteiger partial charge on any atom is -0.391 e. The number of aliphatic hydroxyl groups is 1. The van der Waals surface area contributed by atoms with E-state index < -0.39 is 0 Å². The molecule has 1 aliphatic heterocycles. The van der Waals surface area contributed by atoms with E-state index in [1.165, 1.54) is 0 Å². The summed E-state index contributed by atoms with van der Waals surface area (Å²) in [4.78, 5) is 14.0. The number of likely N-dealkylation sites (tertiary alicyclic amines) is 1. The lowest BCUT2D eigenvalue weighted by Crippen LogP contribution is -2.42. The molecule has 2 rings (SSSR count). The molecule has 1 amide bonds. The summed E-state index contributed by atoms with van der Waals surface area (Å²) >= 11 is 3.39. The lowest BCUT2D eigenvalue weighted by atomic mass is 10.1. The summed E-state index contributed by atoms with van der Waals surface area (Å²) in [5.74, 6) is 0.0105. The minimum atomic E-state index is -0.374. The zero-order valence-corrected chi connectivity index (χ0v) is 11.5. The summed E-state index contributed by atoms with van der Waals surface area (Å²) in [6.45, 7) is 3.96. The van der Waals surface area contributed by atoms with Gasteiger partial charge in [0, 0.05) is 30.3 Å². The van der Waals surface area contributed by atoms with Gasteiger partial charge in [-0.05, 0) is 41.8 Å². The number of aromatic nitrogens is 1. The zero-order valence-electron chi connectivity index (χ0n) is 9.90. The normalized spacial score (nSPS) is 20.6. The molecule has 0 aliphatic carbocycles. The smallest absolute Gasteiger partial charge is 0.270 e. The molecule has 0 spiro atoms. The minimum absolute atomic E-state index is 0.0105. The molecule has 1 fully saturated rings. The molecule has 1 saturated heterocycles. The fourth-order valence-corrected chi connectivity index (χ4v) is 2.68. The first kappa shape index (κ1) is 12.6. The molecule has 0 radical (unpaired) electrons. The van der Waals surface area contributed by atoms with Crippen LogP contribution in [0.5, 0.6) is 0 Å². The number of amides is 1. The Bertz CT molecular complexity index is 417. The molecule has 0 bridgehead atoms. The predicted molar refractivity (Wildman–Crippen MR) is 69.0 cm³/mol. The molecule has 1 aromatic heterocycles. The lowest BCUT2D eigenvalue weighted by Gasteiger charge is -2.30. The fourth-order valence-electron chi connectivity index (χ4n) is 2.22. The number of carbonyl (C=O) groups is 1. The Labute approximate surface area is 109 Å². The molecule has 1 atom stereocenters. The lowest BCUT2D eigenvalue weighted by molar-refractivity contribution is 0.0465. The van der Waals surface area contributed by atoms with Crippen molar-refractivity contribution >= 4 is 21.8 Å². The summed E-state index contributed by atoms with van der Waals surface area (Å²) in [5.41, 5.74) is 0.688. The number of nitrogens with zero attached hydrogens (tertiary/aromatic N) is 2. The van der Waals surface area contributed by atoms with Crippen LogP contribution in [0.2, 0.25) is 0 Å². The van der Waals surface area contributed by atoms with Crippen molar-refractivity contribution in [3.05, 3.63) is 22.4 Å². The second-order valence-electron chi connectivity index (χ2n) is 4.38. The van der Waals surface area contributed by atoms with Crippen LogP contribution in [-0.2, 0) is 6.54 Å². The van der Waals surface area contributed by atoms with Crippen molar-refractivity contribution in [3.63, 3.8) is 0 Å². The second-order valence-corrected chi connectivity index (χ2v) is 5.29. The van der Waals surface area contributed by atoms with Crippen molar-refractivity contribution in [2.75, 3.05) is 13.1 Å². The maximum absolute atomic E-state index is 12.3. The van der Waals surface area contributed by atoms with Gasteiger partial charge in [-0.2, -0.15) is 0 Å². The monoisotopic (exact) mass is 300 g/mol. The van der Waals surface area contributed by atoms with Crippen LogP contribution in [0.1, 0.15) is 30.3 Å². The van der Waals surface area contributed by atoms with Gasteiger partial charge in [0.15, 0.2) is 0 Å². The largest absolute Gasteiger partial charge is 0.391 e. The van der Waals surface area contributed by atoms with Gasteiger partial charge in [-0.15, -0.1) is 0 Å². The summed E-state index contributed by atoms with van der Waals surface area (Å²) in [7, 11) is 0. The Morgan fingerprint density at radius 1 is 1.65 bits per heavy atom. The third kappa shape index (κ3) is 2.72. The molecular weight excluding hydrogens is 284 g/mol. The van der Waals surface area contributed by atoms with Crippen LogP contribution in [0.25, 0.3) is 0 Å². The highest BCUT2D eigenvalue weighted by Gasteiger charge is 2.25. The molecular formula is C12H17BrN2O2. The van der Waals surface area contributed by atoms with Gasteiger partial charge in [0.05, 0.1) is 6.10 Å². The molecule has 0 saturated carbocycles. The summed E-state index contributed by atoms with van der Waals surface area (Å²) in [5, 5.41) is 9.60. The Kier molecular flexibility index (Phi) is 3.89. The van der Waals surface area contributed by atoms with Crippen LogP contribution in [0.15, 0.2) is 16.7 Å². The summed E-state index contributed by atoms with van der Waals surface area (Å²) < 4.78 is 2.84. The van der Waals surface area contributed by atoms with Gasteiger partial charge >= 0.3 is 0 Å². The number of hydrogen-bond donors (Lipinski definition) is 1. The third-order valence-electron chi connectivity index (χ3n) is 3.11. The highest BCUT2D eigenvalue weighted by molar-refractivity contribution is 9.10. The van der Waals surface area contributed by atoms with Gasteiger partial charge in [0.2, 0.25) is 0 Å². The molecule has 2 heterocycles. The highest BCUT2D eigenvalue weighted by atomic mass is 79.9. The molecule has 17 heavy (non-hydrogen) atoms. The van der Waals surface area contributed by atoms with Gasteiger partial charge in [0.25, 0.3) is 5.91 Å². The summed E-state index contributed by atoms with van der Waals surface area (Å²) in [6.07, 6.45) is 3.21. The van der Waals surface area contributed by atoms with E-state index in [2.05, 4.69) is 15.9 Å². The fraction of sp³-hybridized carbons (Fsp3) is 0.583. The van der Waals surface area contributed by atoms with Crippen molar-refractivity contribution in [2.24, 2.45) is 0 Å². The van der Waals surface area contributed by atoms with Crippen LogP contribution in [-0.4, -0.2) is 39.7 Å². The Morgan fingerprint density at radius 2 is 2.41 bits per heavy atom. The van der Waals surface area contributed by atoms with Crippen molar-refractivity contribution < 1.29 is 9.90 Å². The van der Waals surface area contributed by atoms with E-state index in [0.717, 1.165) is 30.4 Å². The number of rotatable bonds is 2. The van der Waals surface area contributed by atoms with Crippen molar-refractivity contribution in [1.29, 1.82) is 0 Å². The maximum Gasteiger partial charge on any atom is 0.270 e. The van der Waals surface area contributed by atoms with Crippen LogP contribution in [0, 0.1) is 0 Å². The third-order valence-corrected chi connectivity index (χ3v) is 3.54. The van der Waals surface area contributed by atoms with Crippen LogP contribution in [0.3, 0.4) is 0 Å². The van der Waals surface area contributed by atoms with E-state index in [9.17, 15) is 9.90 Å². The number of halogens is 1. The standard InChI is InChI=1S/C12H17BrN2O2/c1-2-14-7-9(13)6-11(14)12(17)15-5-3-4-10(16)8-15/h6-7,10,16H,2-5,8H2,1H3/t10-/m0/s1. The van der Waals surface area contributed by atoms with E-state index >= 15 is 0 Å². The molecule has 5 heteroatoms. The molecule has 1 N–H and O–H groups in total. The van der Waals surface area contributed by atoms with Gasteiger partial charge in [-0.1, -0.05) is 0 Å². The summed E-state index contributed by atoms with van der Waals surface area (Å²) in [6, 6.07) is 1.84.